The van der Waals surface area contributed by atoms with Crippen LogP contribution in [0.15, 0.2) is 24.5 Å². The summed E-state index contributed by atoms with van der Waals surface area (Å²) in [5, 5.41) is 0. The predicted octanol–water partition coefficient (Wildman–Crippen LogP) is 1.10. The van der Waals surface area contributed by atoms with Crippen LogP contribution in [0.25, 0.3) is 0 Å². The molecule has 3 rings (SSSR count). The summed E-state index contributed by atoms with van der Waals surface area (Å²) < 4.78 is 5.53. The number of nitrogens with zero attached hydrogens (tertiary/aromatic N) is 2. The molecule has 0 spiro atoms. The summed E-state index contributed by atoms with van der Waals surface area (Å²) in [6.45, 7) is 3.73. The van der Waals surface area contributed by atoms with E-state index in [2.05, 4.69) is 27.4 Å². The molecule has 2 heterocycles. The maximum Gasteiger partial charge on any atom is 0.0594 e. The summed E-state index contributed by atoms with van der Waals surface area (Å²) in [5.41, 5.74) is 4.61. The number of hydrogen-bond acceptors (Lipinski definition) is 5. The van der Waals surface area contributed by atoms with Crippen LogP contribution in [0.2, 0.25) is 0 Å². The molecule has 2 aliphatic rings. The van der Waals surface area contributed by atoms with Gasteiger partial charge in [0, 0.05) is 37.1 Å². The van der Waals surface area contributed by atoms with Crippen LogP contribution in [0.5, 0.6) is 0 Å². The van der Waals surface area contributed by atoms with E-state index in [1.165, 1.54) is 31.2 Å². The largest absolute Gasteiger partial charge is 0.379 e. The standard InChI is InChI=1S/C16H26N4O/c17-19-15(13-14-3-7-18-8-4-14)16(5-1-2-6-16)20-9-11-21-12-10-20/h3-4,7-8,15,19H,1-2,5-6,9-13,17H2. The van der Waals surface area contributed by atoms with Gasteiger partial charge in [0.15, 0.2) is 0 Å². The number of nitrogens with one attached hydrogen (secondary N) is 1. The van der Waals surface area contributed by atoms with E-state index in [1.54, 1.807) is 0 Å². The van der Waals surface area contributed by atoms with Crippen molar-refractivity contribution in [1.82, 2.24) is 15.3 Å². The molecule has 1 aromatic heterocycles. The summed E-state index contributed by atoms with van der Waals surface area (Å²) in [6, 6.07) is 4.46. The fraction of sp³-hybridized carbons (Fsp3) is 0.688. The van der Waals surface area contributed by atoms with E-state index in [4.69, 9.17) is 10.6 Å². The molecule has 1 saturated heterocycles. The normalized spacial score (nSPS) is 24.0. The molecule has 1 unspecified atom stereocenters. The smallest absolute Gasteiger partial charge is 0.0594 e. The molecule has 0 amide bonds. The van der Waals surface area contributed by atoms with E-state index in [0.29, 0.717) is 0 Å². The van der Waals surface area contributed by atoms with Gasteiger partial charge in [-0.15, -0.1) is 0 Å². The first-order valence-electron chi connectivity index (χ1n) is 8.03. The van der Waals surface area contributed by atoms with E-state index in [-0.39, 0.29) is 11.6 Å². The van der Waals surface area contributed by atoms with Gasteiger partial charge in [-0.1, -0.05) is 12.8 Å². The Hall–Kier alpha value is -1.01. The number of nitrogens with two attached hydrogens (primary N) is 1. The summed E-state index contributed by atoms with van der Waals surface area (Å²) in [4.78, 5) is 6.72. The first kappa shape index (κ1) is 14.9. The molecule has 5 nitrogen and oxygen atoms in total. The van der Waals surface area contributed by atoms with Crippen molar-refractivity contribution in [2.45, 2.75) is 43.7 Å². The average molecular weight is 290 g/mol. The summed E-state index contributed by atoms with van der Waals surface area (Å²) >= 11 is 0. The zero-order valence-electron chi connectivity index (χ0n) is 12.6. The molecule has 1 saturated carbocycles. The molecule has 116 valence electrons. The Labute approximate surface area is 126 Å². The zero-order chi connectivity index (χ0) is 14.5. The van der Waals surface area contributed by atoms with Crippen molar-refractivity contribution in [3.8, 4) is 0 Å². The van der Waals surface area contributed by atoms with Crippen LogP contribution in [0.3, 0.4) is 0 Å². The van der Waals surface area contributed by atoms with Gasteiger partial charge >= 0.3 is 0 Å². The highest BCUT2D eigenvalue weighted by Gasteiger charge is 2.45. The Balaban J connectivity index is 1.80. The van der Waals surface area contributed by atoms with Crippen LogP contribution >= 0.6 is 0 Å². The van der Waals surface area contributed by atoms with Gasteiger partial charge in [0.25, 0.3) is 0 Å². The molecule has 21 heavy (non-hydrogen) atoms. The van der Waals surface area contributed by atoms with Crippen molar-refractivity contribution >= 4 is 0 Å². The molecule has 0 aromatic carbocycles. The van der Waals surface area contributed by atoms with Crippen LogP contribution in [-0.2, 0) is 11.2 Å². The van der Waals surface area contributed by atoms with Crippen molar-refractivity contribution in [3.05, 3.63) is 30.1 Å². The second kappa shape index (κ2) is 6.83. The molecule has 5 heteroatoms. The molecular weight excluding hydrogens is 264 g/mol. The third-order valence-corrected chi connectivity index (χ3v) is 5.15. The first-order chi connectivity index (χ1) is 10.3. The number of hydrogen-bond donors (Lipinski definition) is 2. The van der Waals surface area contributed by atoms with Crippen molar-refractivity contribution < 1.29 is 4.74 Å². The summed E-state index contributed by atoms with van der Waals surface area (Å²) in [6.07, 6.45) is 9.73. The van der Waals surface area contributed by atoms with E-state index in [0.717, 1.165) is 32.7 Å². The number of hydrazine groups is 1. The first-order valence-corrected chi connectivity index (χ1v) is 8.03. The average Bonchev–Trinajstić information content (AvgIpc) is 3.05. The van der Waals surface area contributed by atoms with Crippen LogP contribution in [-0.4, -0.2) is 47.8 Å². The van der Waals surface area contributed by atoms with Gasteiger partial charge in [-0.3, -0.25) is 21.2 Å². The quantitative estimate of drug-likeness (QED) is 0.628. The maximum atomic E-state index is 5.97. The highest BCUT2D eigenvalue weighted by molar-refractivity contribution is 5.15. The number of rotatable bonds is 5. The maximum absolute atomic E-state index is 5.97. The molecule has 0 bridgehead atoms. The molecule has 2 fully saturated rings. The number of morpholine rings is 1. The molecule has 0 radical (unpaired) electrons. The molecule has 1 atom stereocenters. The number of aromatic nitrogens is 1. The van der Waals surface area contributed by atoms with Gasteiger partial charge in [0.2, 0.25) is 0 Å². The van der Waals surface area contributed by atoms with Crippen LogP contribution in [0.1, 0.15) is 31.2 Å². The second-order valence-corrected chi connectivity index (χ2v) is 6.19. The van der Waals surface area contributed by atoms with Gasteiger partial charge in [-0.05, 0) is 37.0 Å². The zero-order valence-corrected chi connectivity index (χ0v) is 12.6. The van der Waals surface area contributed by atoms with Crippen molar-refractivity contribution in [3.63, 3.8) is 0 Å². The topological polar surface area (TPSA) is 63.4 Å². The molecule has 1 aliphatic carbocycles. The predicted molar refractivity (Wildman–Crippen MR) is 82.6 cm³/mol. The third kappa shape index (κ3) is 3.11. The molecule has 3 N–H and O–H groups in total. The van der Waals surface area contributed by atoms with Gasteiger partial charge in [-0.2, -0.15) is 0 Å². The Morgan fingerprint density at radius 1 is 1.24 bits per heavy atom. The monoisotopic (exact) mass is 290 g/mol. The fourth-order valence-electron chi connectivity index (χ4n) is 4.04. The SMILES string of the molecule is NNC(Cc1ccncc1)C1(N2CCOCC2)CCCC1. The molecular formula is C16H26N4O. The van der Waals surface area contributed by atoms with Gasteiger partial charge in [0.1, 0.15) is 0 Å². The second-order valence-electron chi connectivity index (χ2n) is 6.19. The Kier molecular flexibility index (Phi) is 4.85. The minimum Gasteiger partial charge on any atom is -0.379 e. The lowest BCUT2D eigenvalue weighted by atomic mass is 9.82. The van der Waals surface area contributed by atoms with Crippen LogP contribution in [0.4, 0.5) is 0 Å². The third-order valence-electron chi connectivity index (χ3n) is 5.15. The van der Waals surface area contributed by atoms with Crippen molar-refractivity contribution in [1.29, 1.82) is 0 Å². The summed E-state index contributed by atoms with van der Waals surface area (Å²) in [5.74, 6) is 5.97. The Bertz CT molecular complexity index is 427. The Morgan fingerprint density at radius 3 is 2.52 bits per heavy atom. The minimum atomic E-state index is 0.182. The van der Waals surface area contributed by atoms with Crippen LogP contribution in [0, 0.1) is 0 Å². The van der Waals surface area contributed by atoms with Crippen molar-refractivity contribution in [2.75, 3.05) is 26.3 Å². The van der Waals surface area contributed by atoms with Gasteiger partial charge in [-0.25, -0.2) is 0 Å². The van der Waals surface area contributed by atoms with E-state index in [1.807, 2.05) is 12.4 Å². The summed E-state index contributed by atoms with van der Waals surface area (Å²) in [7, 11) is 0. The number of ether oxygens (including phenoxy) is 1. The Morgan fingerprint density at radius 2 is 1.90 bits per heavy atom. The van der Waals surface area contributed by atoms with Crippen LogP contribution < -0.4 is 11.3 Å². The van der Waals surface area contributed by atoms with Crippen molar-refractivity contribution in [2.24, 2.45) is 5.84 Å². The fourth-order valence-corrected chi connectivity index (χ4v) is 4.04. The van der Waals surface area contributed by atoms with E-state index >= 15 is 0 Å². The lowest BCUT2D eigenvalue weighted by Crippen LogP contribution is -2.64. The lowest BCUT2D eigenvalue weighted by Gasteiger charge is -2.48. The highest BCUT2D eigenvalue weighted by Crippen LogP contribution is 2.39. The van der Waals surface area contributed by atoms with E-state index < -0.39 is 0 Å². The van der Waals surface area contributed by atoms with E-state index in [9.17, 15) is 0 Å². The highest BCUT2D eigenvalue weighted by atomic mass is 16.5. The minimum absolute atomic E-state index is 0.182. The molecule has 1 aliphatic heterocycles. The van der Waals surface area contributed by atoms with Gasteiger partial charge in [0.05, 0.1) is 13.2 Å². The lowest BCUT2D eigenvalue weighted by molar-refractivity contribution is -0.0357. The van der Waals surface area contributed by atoms with Gasteiger partial charge < -0.3 is 4.74 Å². The number of pyridine rings is 1. The molecule has 1 aromatic rings.